The molecule has 9 heavy (non-hydrogen) atoms. The van der Waals surface area contributed by atoms with Crippen LogP contribution in [0.4, 0.5) is 0 Å². The third-order valence-corrected chi connectivity index (χ3v) is 0.656. The van der Waals surface area contributed by atoms with Crippen LogP contribution in [0, 0.1) is 0 Å². The fourth-order valence-electron chi connectivity index (χ4n) is 0.234. The Kier molecular flexibility index (Phi) is 2.97. The summed E-state index contributed by atoms with van der Waals surface area (Å²) in [6, 6.07) is 0. The van der Waals surface area contributed by atoms with Crippen LogP contribution in [0.2, 0.25) is 0 Å². The van der Waals surface area contributed by atoms with Crippen molar-refractivity contribution in [1.29, 1.82) is 0 Å². The van der Waals surface area contributed by atoms with Gasteiger partial charge in [0.2, 0.25) is 12.8 Å². The molecule has 0 aromatic carbocycles. The topological polar surface area (TPSA) is 54.5 Å². The van der Waals surface area contributed by atoms with E-state index in [2.05, 4.69) is 6.58 Å². The zero-order valence-corrected chi connectivity index (χ0v) is 4.61. The fourth-order valence-corrected chi connectivity index (χ4v) is 0.234. The normalized spacial score (nSPS) is 7.56. The third-order valence-electron chi connectivity index (χ3n) is 0.656. The SMILES string of the molecule is C=CC(=O)N(C=O)C=O. The number of rotatable bonds is 3. The first kappa shape index (κ1) is 7.55. The molecule has 48 valence electrons. The van der Waals surface area contributed by atoms with Crippen molar-refractivity contribution >= 4 is 18.7 Å². The number of imide groups is 3. The van der Waals surface area contributed by atoms with Gasteiger partial charge in [-0.2, -0.15) is 0 Å². The number of carbonyl (C=O) groups excluding carboxylic acids is 3. The van der Waals surface area contributed by atoms with Crippen LogP contribution in [0.5, 0.6) is 0 Å². The molecular formula is C5H5NO3. The van der Waals surface area contributed by atoms with Crippen LogP contribution >= 0.6 is 0 Å². The van der Waals surface area contributed by atoms with Crippen LogP contribution in [0.25, 0.3) is 0 Å². The van der Waals surface area contributed by atoms with Crippen molar-refractivity contribution in [2.75, 3.05) is 0 Å². The van der Waals surface area contributed by atoms with Crippen LogP contribution in [-0.4, -0.2) is 23.6 Å². The number of carbonyl (C=O) groups is 3. The van der Waals surface area contributed by atoms with E-state index >= 15 is 0 Å². The number of amides is 3. The monoisotopic (exact) mass is 127 g/mol. The Morgan fingerprint density at radius 3 is 1.89 bits per heavy atom. The third kappa shape index (κ3) is 1.85. The lowest BCUT2D eigenvalue weighted by molar-refractivity contribution is -0.140. The molecule has 0 aromatic rings. The molecule has 0 spiro atoms. The van der Waals surface area contributed by atoms with E-state index in [1.807, 2.05) is 0 Å². The summed E-state index contributed by atoms with van der Waals surface area (Å²) in [5.74, 6) is -0.722. The van der Waals surface area contributed by atoms with E-state index in [-0.39, 0.29) is 12.8 Å². The van der Waals surface area contributed by atoms with Crippen molar-refractivity contribution in [1.82, 2.24) is 4.90 Å². The number of hydrogen-bond acceptors (Lipinski definition) is 3. The molecule has 0 fully saturated rings. The average Bonchev–Trinajstić information content (AvgIpc) is 1.90. The van der Waals surface area contributed by atoms with Crippen LogP contribution in [0.3, 0.4) is 0 Å². The highest BCUT2D eigenvalue weighted by atomic mass is 16.2. The summed E-state index contributed by atoms with van der Waals surface area (Å²) in [6.07, 6.45) is 1.12. The second-order valence-electron chi connectivity index (χ2n) is 1.16. The van der Waals surface area contributed by atoms with Crippen LogP contribution in [0.1, 0.15) is 0 Å². The highest BCUT2D eigenvalue weighted by molar-refractivity contribution is 6.02. The van der Waals surface area contributed by atoms with Crippen molar-refractivity contribution in [2.45, 2.75) is 0 Å². The van der Waals surface area contributed by atoms with E-state index in [0.29, 0.717) is 4.90 Å². The van der Waals surface area contributed by atoms with Crippen LogP contribution in [0.15, 0.2) is 12.7 Å². The summed E-state index contributed by atoms with van der Waals surface area (Å²) in [5.41, 5.74) is 0. The maximum Gasteiger partial charge on any atom is 0.258 e. The molecule has 0 radical (unpaired) electrons. The number of nitrogens with zero attached hydrogens (tertiary/aromatic N) is 1. The molecule has 0 aliphatic carbocycles. The Balaban J connectivity index is 4.09. The van der Waals surface area contributed by atoms with E-state index < -0.39 is 5.91 Å². The second kappa shape index (κ2) is 3.54. The highest BCUT2D eigenvalue weighted by Crippen LogP contribution is 1.78. The minimum Gasteiger partial charge on any atom is -0.278 e. The van der Waals surface area contributed by atoms with Crippen molar-refractivity contribution in [3.8, 4) is 0 Å². The molecule has 4 nitrogen and oxygen atoms in total. The molecular weight excluding hydrogens is 122 g/mol. The smallest absolute Gasteiger partial charge is 0.258 e. The molecule has 0 aliphatic rings. The van der Waals surface area contributed by atoms with Gasteiger partial charge in [-0.05, 0) is 6.08 Å². The molecule has 0 aliphatic heterocycles. The maximum absolute atomic E-state index is 10.3. The first-order valence-electron chi connectivity index (χ1n) is 2.11. The van der Waals surface area contributed by atoms with Gasteiger partial charge in [-0.15, -0.1) is 0 Å². The van der Waals surface area contributed by atoms with Crippen molar-refractivity contribution in [3.05, 3.63) is 12.7 Å². The Morgan fingerprint density at radius 1 is 1.33 bits per heavy atom. The minimum atomic E-state index is -0.722. The Morgan fingerprint density at radius 2 is 1.78 bits per heavy atom. The van der Waals surface area contributed by atoms with Gasteiger partial charge in [-0.25, -0.2) is 4.90 Å². The maximum atomic E-state index is 10.3. The highest BCUT2D eigenvalue weighted by Gasteiger charge is 2.04. The number of hydrogen-bond donors (Lipinski definition) is 0. The predicted molar refractivity (Wildman–Crippen MR) is 29.2 cm³/mol. The molecule has 0 rings (SSSR count). The van der Waals surface area contributed by atoms with Gasteiger partial charge in [-0.1, -0.05) is 6.58 Å². The van der Waals surface area contributed by atoms with E-state index in [9.17, 15) is 14.4 Å². The largest absolute Gasteiger partial charge is 0.278 e. The molecule has 4 heteroatoms. The summed E-state index contributed by atoms with van der Waals surface area (Å²) in [5, 5.41) is 0. The Hall–Kier alpha value is -1.45. The van der Waals surface area contributed by atoms with Crippen molar-refractivity contribution in [3.63, 3.8) is 0 Å². The molecule has 0 saturated heterocycles. The van der Waals surface area contributed by atoms with Crippen molar-refractivity contribution < 1.29 is 14.4 Å². The molecule has 0 bridgehead atoms. The molecule has 0 N–H and O–H groups in total. The Labute approximate surface area is 51.8 Å². The van der Waals surface area contributed by atoms with E-state index in [1.54, 1.807) is 0 Å². The average molecular weight is 127 g/mol. The van der Waals surface area contributed by atoms with Gasteiger partial charge in [0.1, 0.15) is 0 Å². The van der Waals surface area contributed by atoms with Gasteiger partial charge in [0.15, 0.2) is 0 Å². The predicted octanol–water partition coefficient (Wildman–Crippen LogP) is -0.686. The summed E-state index contributed by atoms with van der Waals surface area (Å²) in [4.78, 5) is 30.2. The fraction of sp³-hybridized carbons (Fsp3) is 0. The summed E-state index contributed by atoms with van der Waals surface area (Å²) in [6.45, 7) is 3.07. The molecule has 0 heterocycles. The first-order valence-corrected chi connectivity index (χ1v) is 2.11. The van der Waals surface area contributed by atoms with Crippen LogP contribution in [-0.2, 0) is 14.4 Å². The van der Waals surface area contributed by atoms with E-state index in [4.69, 9.17) is 0 Å². The zero-order chi connectivity index (χ0) is 7.28. The van der Waals surface area contributed by atoms with Gasteiger partial charge in [0, 0.05) is 0 Å². The summed E-state index contributed by atoms with van der Waals surface area (Å²) in [7, 11) is 0. The molecule has 3 amide bonds. The lowest BCUT2D eigenvalue weighted by atomic mass is 10.5. The lowest BCUT2D eigenvalue weighted by Gasteiger charge is -1.99. The van der Waals surface area contributed by atoms with Gasteiger partial charge in [0.05, 0.1) is 0 Å². The van der Waals surface area contributed by atoms with Gasteiger partial charge < -0.3 is 0 Å². The zero-order valence-electron chi connectivity index (χ0n) is 4.61. The first-order chi connectivity index (χ1) is 4.26. The molecule has 0 saturated carbocycles. The second-order valence-corrected chi connectivity index (χ2v) is 1.16. The van der Waals surface area contributed by atoms with Gasteiger partial charge in [-0.3, -0.25) is 14.4 Å². The molecule has 0 aromatic heterocycles. The van der Waals surface area contributed by atoms with Gasteiger partial charge >= 0.3 is 0 Å². The van der Waals surface area contributed by atoms with Crippen LogP contribution < -0.4 is 0 Å². The lowest BCUT2D eigenvalue weighted by Crippen LogP contribution is -2.25. The summed E-state index contributed by atoms with van der Waals surface area (Å²) >= 11 is 0. The minimum absolute atomic E-state index is 0.122. The molecule has 0 unspecified atom stereocenters. The van der Waals surface area contributed by atoms with E-state index in [1.165, 1.54) is 0 Å². The molecule has 0 atom stereocenters. The van der Waals surface area contributed by atoms with E-state index in [0.717, 1.165) is 6.08 Å². The summed E-state index contributed by atoms with van der Waals surface area (Å²) < 4.78 is 0. The quantitative estimate of drug-likeness (QED) is 0.372. The standard InChI is InChI=1S/C5H5NO3/c1-2-5(9)6(3-7)4-8/h2-4H,1H2. The Bertz CT molecular complexity index is 144. The van der Waals surface area contributed by atoms with Gasteiger partial charge in [0.25, 0.3) is 5.91 Å². The van der Waals surface area contributed by atoms with Crippen molar-refractivity contribution in [2.24, 2.45) is 0 Å².